The molecular formula is C45H60O16. The maximum absolute atomic E-state index is 13.4. The van der Waals surface area contributed by atoms with E-state index in [-0.39, 0.29) is 29.9 Å². The number of fused-ring (bicyclic) bond motifs is 2. The van der Waals surface area contributed by atoms with Crippen LogP contribution in [-0.2, 0) is 50.4 Å². The zero-order chi connectivity index (χ0) is 44.7. The molecule has 12 atom stereocenters. The van der Waals surface area contributed by atoms with Crippen molar-refractivity contribution in [2.24, 2.45) is 5.92 Å². The molecule has 1 spiro atoms. The van der Waals surface area contributed by atoms with Crippen molar-refractivity contribution in [3.05, 3.63) is 108 Å². The standard InChI is InChI=1S/C45H60O16/c1-5-7-8-9-15-20-35(50)56-26-34-38(52)39(53)40(54)44(58-34)60-41-33(24-46)61-45(37-29(25-57-45)22-30(47)23-32(37)49)43(55)42(41)59-36(51)21-16-11-14-19-31(48)28(4)18-13-10-12-17-27(3)6-2/h5,7-11,13-16,18,20-23,27,31,33-34,38-44,46-49,52-55H,6,12,17,19,24-26H2,1-4H3/t27-,31-,33+,34-,38-,39-,40-,41-,42+,43+,44+,45-/m0/s1. The van der Waals surface area contributed by atoms with Gasteiger partial charge in [0.25, 0.3) is 0 Å². The van der Waals surface area contributed by atoms with Gasteiger partial charge in [0.2, 0.25) is 5.79 Å². The molecule has 3 aliphatic rings. The Balaban J connectivity index is 1.53. The summed E-state index contributed by atoms with van der Waals surface area (Å²) in [6.45, 7) is 6.23. The van der Waals surface area contributed by atoms with E-state index in [1.165, 1.54) is 24.3 Å². The lowest BCUT2D eigenvalue weighted by molar-refractivity contribution is -0.395. The largest absolute Gasteiger partial charge is 0.508 e. The van der Waals surface area contributed by atoms with Gasteiger partial charge in [-0.1, -0.05) is 87.1 Å². The summed E-state index contributed by atoms with van der Waals surface area (Å²) in [5.41, 5.74) is 0.857. The molecule has 3 aliphatic heterocycles. The maximum atomic E-state index is 13.4. The third-order valence-electron chi connectivity index (χ3n) is 10.6. The van der Waals surface area contributed by atoms with E-state index < -0.39 is 97.9 Å². The Morgan fingerprint density at radius 2 is 1.64 bits per heavy atom. The molecule has 1 aromatic carbocycles. The molecule has 61 heavy (non-hydrogen) atoms. The number of benzene rings is 1. The summed E-state index contributed by atoms with van der Waals surface area (Å²) in [4.78, 5) is 25.7. The number of rotatable bonds is 19. The highest BCUT2D eigenvalue weighted by molar-refractivity contribution is 5.82. The number of allylic oxidation sites excluding steroid dienone is 10. The molecule has 336 valence electrons. The fourth-order valence-corrected chi connectivity index (χ4v) is 6.87. The van der Waals surface area contributed by atoms with E-state index >= 15 is 0 Å². The number of carbonyl (C=O) groups is 2. The van der Waals surface area contributed by atoms with Crippen LogP contribution in [0.2, 0.25) is 0 Å². The van der Waals surface area contributed by atoms with E-state index in [9.17, 15) is 50.4 Å². The number of aliphatic hydroxyl groups excluding tert-OH is 6. The highest BCUT2D eigenvalue weighted by atomic mass is 16.8. The molecule has 0 saturated carbocycles. The van der Waals surface area contributed by atoms with Crippen LogP contribution in [0, 0.1) is 5.92 Å². The van der Waals surface area contributed by atoms with Gasteiger partial charge in [0.1, 0.15) is 54.7 Å². The average Bonchev–Trinajstić information content (AvgIpc) is 3.60. The van der Waals surface area contributed by atoms with E-state index in [1.807, 2.05) is 26.0 Å². The van der Waals surface area contributed by atoms with Gasteiger partial charge in [-0.25, -0.2) is 9.59 Å². The lowest BCUT2D eigenvalue weighted by atomic mass is 9.86. The number of esters is 2. The second-order valence-electron chi connectivity index (χ2n) is 15.1. The predicted molar refractivity (Wildman–Crippen MR) is 220 cm³/mol. The minimum absolute atomic E-state index is 0.112. The summed E-state index contributed by atoms with van der Waals surface area (Å²) in [5.74, 6) is -4.31. The molecule has 2 saturated heterocycles. The lowest BCUT2D eigenvalue weighted by Gasteiger charge is -2.50. The smallest absolute Gasteiger partial charge is 0.331 e. The first kappa shape index (κ1) is 49.2. The molecule has 2 fully saturated rings. The second-order valence-corrected chi connectivity index (χ2v) is 15.1. The van der Waals surface area contributed by atoms with Gasteiger partial charge in [-0.2, -0.15) is 0 Å². The maximum Gasteiger partial charge on any atom is 0.331 e. The fraction of sp³-hybridized carbons (Fsp3) is 0.511. The first-order valence-corrected chi connectivity index (χ1v) is 20.4. The quantitative estimate of drug-likeness (QED) is 0.0566. The molecule has 0 amide bonds. The van der Waals surface area contributed by atoms with Crippen molar-refractivity contribution >= 4 is 11.9 Å². The SMILES string of the molecule is CC=CC=CC=CC(=O)OC[C@@H]1O[C@H](O[C@@H]2[C@@H](OC(=O)C=CC=CC[C@H](O)C(C)=CC=CCC[C@@H](C)CC)[C@@H](O)[C@@]3(OCc4cc(O)cc(O)c43)O[C@@H]2CO)[C@@H](O)[C@@H](O)[C@H]1O. The van der Waals surface area contributed by atoms with Crippen LogP contribution in [-0.4, -0.2) is 127 Å². The summed E-state index contributed by atoms with van der Waals surface area (Å²) in [6, 6.07) is 2.26. The molecule has 0 aromatic heterocycles. The summed E-state index contributed by atoms with van der Waals surface area (Å²) in [7, 11) is 0. The molecule has 16 heteroatoms. The van der Waals surface area contributed by atoms with Crippen molar-refractivity contribution in [3.8, 4) is 11.5 Å². The van der Waals surface area contributed by atoms with Gasteiger partial charge >= 0.3 is 11.9 Å². The molecule has 3 heterocycles. The summed E-state index contributed by atoms with van der Waals surface area (Å²) < 4.78 is 34.6. The van der Waals surface area contributed by atoms with Gasteiger partial charge in [0.15, 0.2) is 18.5 Å². The van der Waals surface area contributed by atoms with E-state index in [1.54, 1.807) is 30.4 Å². The van der Waals surface area contributed by atoms with E-state index in [0.29, 0.717) is 5.92 Å². The monoisotopic (exact) mass is 856 g/mol. The predicted octanol–water partition coefficient (Wildman–Crippen LogP) is 3.06. The Bertz CT molecular complexity index is 1810. The van der Waals surface area contributed by atoms with Crippen molar-refractivity contribution in [2.75, 3.05) is 13.2 Å². The minimum atomic E-state index is -2.27. The minimum Gasteiger partial charge on any atom is -0.508 e. The second kappa shape index (κ2) is 23.7. The summed E-state index contributed by atoms with van der Waals surface area (Å²) in [6.07, 6.45) is 7.29. The molecule has 0 bridgehead atoms. The van der Waals surface area contributed by atoms with Crippen molar-refractivity contribution in [1.29, 1.82) is 0 Å². The van der Waals surface area contributed by atoms with Crippen molar-refractivity contribution in [1.82, 2.24) is 0 Å². The first-order chi connectivity index (χ1) is 29.2. The number of phenols is 2. The van der Waals surface area contributed by atoms with Gasteiger partial charge in [-0.05, 0) is 56.2 Å². The highest BCUT2D eigenvalue weighted by Gasteiger charge is 2.63. The van der Waals surface area contributed by atoms with Crippen LogP contribution in [0.15, 0.2) is 96.7 Å². The zero-order valence-corrected chi connectivity index (χ0v) is 34.8. The van der Waals surface area contributed by atoms with E-state index in [4.69, 9.17) is 28.4 Å². The highest BCUT2D eigenvalue weighted by Crippen LogP contribution is 2.51. The average molecular weight is 857 g/mol. The van der Waals surface area contributed by atoms with Crippen molar-refractivity contribution in [3.63, 3.8) is 0 Å². The Hall–Kier alpha value is -4.46. The third-order valence-corrected chi connectivity index (χ3v) is 10.6. The van der Waals surface area contributed by atoms with Gasteiger partial charge in [0.05, 0.1) is 24.9 Å². The first-order valence-electron chi connectivity index (χ1n) is 20.4. The van der Waals surface area contributed by atoms with Crippen LogP contribution >= 0.6 is 0 Å². The topological polar surface area (TPSA) is 251 Å². The molecular weight excluding hydrogens is 796 g/mol. The third kappa shape index (κ3) is 13.0. The summed E-state index contributed by atoms with van der Waals surface area (Å²) in [5, 5.41) is 86.5. The summed E-state index contributed by atoms with van der Waals surface area (Å²) >= 11 is 0. The molecule has 1 aromatic rings. The number of aromatic hydroxyl groups is 2. The number of ether oxygens (including phenoxy) is 6. The number of carbonyl (C=O) groups excluding carboxylic acids is 2. The van der Waals surface area contributed by atoms with Crippen molar-refractivity contribution in [2.45, 2.75) is 127 Å². The number of hydrogen-bond donors (Lipinski definition) is 8. The van der Waals surface area contributed by atoms with E-state index in [0.717, 1.165) is 43.1 Å². The van der Waals surface area contributed by atoms with Crippen LogP contribution in [0.5, 0.6) is 11.5 Å². The van der Waals surface area contributed by atoms with Crippen LogP contribution in [0.1, 0.15) is 64.5 Å². The molecule has 0 unspecified atom stereocenters. The Morgan fingerprint density at radius 1 is 0.918 bits per heavy atom. The molecule has 8 N–H and O–H groups in total. The number of hydrogen-bond acceptors (Lipinski definition) is 16. The fourth-order valence-electron chi connectivity index (χ4n) is 6.87. The van der Waals surface area contributed by atoms with Crippen LogP contribution in [0.25, 0.3) is 0 Å². The normalized spacial score (nSPS) is 30.7. The zero-order valence-electron chi connectivity index (χ0n) is 34.8. The Kier molecular flexibility index (Phi) is 19.1. The number of aliphatic hydroxyl groups is 6. The van der Waals surface area contributed by atoms with Crippen LogP contribution in [0.3, 0.4) is 0 Å². The van der Waals surface area contributed by atoms with Crippen molar-refractivity contribution < 1.29 is 78.9 Å². The molecule has 4 rings (SSSR count). The molecule has 0 aliphatic carbocycles. The molecule has 0 radical (unpaired) electrons. The number of phenolic OH excluding ortho intramolecular Hbond substituents is 2. The molecule has 16 nitrogen and oxygen atoms in total. The van der Waals surface area contributed by atoms with Gasteiger partial charge in [-0.15, -0.1) is 0 Å². The lowest BCUT2D eigenvalue weighted by Crippen LogP contribution is -2.67. The Labute approximate surface area is 355 Å². The van der Waals surface area contributed by atoms with Gasteiger partial charge in [-0.3, -0.25) is 0 Å². The van der Waals surface area contributed by atoms with Gasteiger partial charge < -0.3 is 69.3 Å². The Morgan fingerprint density at radius 3 is 2.36 bits per heavy atom. The van der Waals surface area contributed by atoms with E-state index in [2.05, 4.69) is 19.9 Å². The van der Waals surface area contributed by atoms with Crippen LogP contribution in [0.4, 0.5) is 0 Å². The van der Waals surface area contributed by atoms with Gasteiger partial charge in [0, 0.05) is 18.2 Å². The van der Waals surface area contributed by atoms with Crippen LogP contribution < -0.4 is 0 Å².